The predicted molar refractivity (Wildman–Crippen MR) is 127 cm³/mol. The van der Waals surface area contributed by atoms with Crippen molar-refractivity contribution in [2.45, 2.75) is 44.9 Å². The summed E-state index contributed by atoms with van der Waals surface area (Å²) < 4.78 is 32.7. The average molecular weight is 479 g/mol. The molecule has 1 saturated heterocycles. The van der Waals surface area contributed by atoms with Gasteiger partial charge in [0, 0.05) is 18.1 Å². The molecule has 0 unspecified atom stereocenters. The molecule has 174 valence electrons. The molecular formula is C24H31ClN2O4S. The molecule has 2 aromatic carbocycles. The van der Waals surface area contributed by atoms with Gasteiger partial charge in [-0.05, 0) is 61.1 Å². The van der Waals surface area contributed by atoms with Crippen LogP contribution in [-0.2, 0) is 20.6 Å². The first-order chi connectivity index (χ1) is 15.2. The van der Waals surface area contributed by atoms with Crippen molar-refractivity contribution in [2.24, 2.45) is 5.92 Å². The highest BCUT2D eigenvalue weighted by Gasteiger charge is 2.33. The van der Waals surface area contributed by atoms with Crippen LogP contribution < -0.4 is 10.1 Å². The van der Waals surface area contributed by atoms with E-state index in [0.29, 0.717) is 30.0 Å². The fraction of sp³-hybridized carbons (Fsp3) is 0.458. The zero-order valence-corrected chi connectivity index (χ0v) is 20.4. The molecule has 0 bridgehead atoms. The van der Waals surface area contributed by atoms with Crippen molar-refractivity contribution in [1.82, 2.24) is 9.62 Å². The molecule has 6 nitrogen and oxygen atoms in total. The maximum atomic E-state index is 13.0. The fourth-order valence-corrected chi connectivity index (χ4v) is 5.86. The Bertz CT molecular complexity index is 1040. The Balaban J connectivity index is 1.66. The first-order valence-electron chi connectivity index (χ1n) is 10.9. The lowest BCUT2D eigenvalue weighted by Gasteiger charge is -2.32. The van der Waals surface area contributed by atoms with Crippen molar-refractivity contribution in [3.8, 4) is 5.75 Å². The Morgan fingerprint density at radius 3 is 2.59 bits per heavy atom. The number of rotatable bonds is 8. The minimum atomic E-state index is -3.52. The summed E-state index contributed by atoms with van der Waals surface area (Å²) in [5.41, 5.74) is 2.71. The number of hydrogen-bond acceptors (Lipinski definition) is 4. The molecule has 32 heavy (non-hydrogen) atoms. The number of aryl methyl sites for hydroxylation is 1. The number of methoxy groups -OCH3 is 1. The number of carbonyl (C=O) groups is 1. The normalized spacial score (nSPS) is 18.2. The second-order valence-electron chi connectivity index (χ2n) is 8.28. The minimum Gasteiger partial charge on any atom is -0.496 e. The molecule has 0 aliphatic carbocycles. The lowest BCUT2D eigenvalue weighted by atomic mass is 9.96. The van der Waals surface area contributed by atoms with Gasteiger partial charge in [0.2, 0.25) is 15.9 Å². The Morgan fingerprint density at radius 1 is 1.25 bits per heavy atom. The molecule has 0 spiro atoms. The predicted octanol–water partition coefficient (Wildman–Crippen LogP) is 4.47. The summed E-state index contributed by atoms with van der Waals surface area (Å²) in [5.74, 6) is 0.249. The molecule has 1 aliphatic heterocycles. The van der Waals surface area contributed by atoms with Crippen molar-refractivity contribution in [3.63, 3.8) is 0 Å². The highest BCUT2D eigenvalue weighted by atomic mass is 35.5. The van der Waals surface area contributed by atoms with Crippen molar-refractivity contribution in [3.05, 3.63) is 64.2 Å². The molecule has 8 heteroatoms. The molecule has 2 aromatic rings. The van der Waals surface area contributed by atoms with E-state index in [1.807, 2.05) is 32.0 Å². The van der Waals surface area contributed by atoms with Crippen LogP contribution in [0.15, 0.2) is 42.5 Å². The summed E-state index contributed by atoms with van der Waals surface area (Å²) in [7, 11) is -1.88. The number of carbonyl (C=O) groups excluding carboxylic acids is 1. The van der Waals surface area contributed by atoms with Crippen LogP contribution in [0.2, 0.25) is 5.02 Å². The van der Waals surface area contributed by atoms with Gasteiger partial charge in [0.1, 0.15) is 5.75 Å². The van der Waals surface area contributed by atoms with Crippen molar-refractivity contribution in [2.75, 3.05) is 20.2 Å². The largest absolute Gasteiger partial charge is 0.496 e. The van der Waals surface area contributed by atoms with Crippen molar-refractivity contribution >= 4 is 27.5 Å². The molecule has 3 rings (SSSR count). The molecular weight excluding hydrogens is 448 g/mol. The van der Waals surface area contributed by atoms with Crippen LogP contribution >= 0.6 is 11.6 Å². The highest BCUT2D eigenvalue weighted by Crippen LogP contribution is 2.26. The monoisotopic (exact) mass is 478 g/mol. The number of hydrogen-bond donors (Lipinski definition) is 1. The first-order valence-corrected chi connectivity index (χ1v) is 12.9. The summed E-state index contributed by atoms with van der Waals surface area (Å²) in [6, 6.07) is 12.6. The molecule has 0 radical (unpaired) electrons. The van der Waals surface area contributed by atoms with E-state index in [1.54, 1.807) is 31.4 Å². The second-order valence-corrected chi connectivity index (χ2v) is 10.7. The quantitative estimate of drug-likeness (QED) is 0.607. The van der Waals surface area contributed by atoms with Crippen LogP contribution in [0.4, 0.5) is 0 Å². The molecule has 1 aliphatic rings. The van der Waals surface area contributed by atoms with Crippen LogP contribution in [0.5, 0.6) is 5.75 Å². The number of ether oxygens (including phenoxy) is 1. The molecule has 2 atom stereocenters. The molecule has 0 aromatic heterocycles. The van der Waals surface area contributed by atoms with Crippen molar-refractivity contribution in [1.29, 1.82) is 0 Å². The zero-order valence-electron chi connectivity index (χ0n) is 18.8. The van der Waals surface area contributed by atoms with E-state index in [2.05, 4.69) is 5.32 Å². The van der Waals surface area contributed by atoms with Gasteiger partial charge in [0.25, 0.3) is 0 Å². The van der Waals surface area contributed by atoms with Gasteiger partial charge < -0.3 is 10.1 Å². The van der Waals surface area contributed by atoms with Crippen molar-refractivity contribution < 1.29 is 17.9 Å². The zero-order chi connectivity index (χ0) is 23.3. The van der Waals surface area contributed by atoms with E-state index >= 15 is 0 Å². The Morgan fingerprint density at radius 2 is 1.97 bits per heavy atom. The molecule has 1 fully saturated rings. The first kappa shape index (κ1) is 24.6. The third-order valence-electron chi connectivity index (χ3n) is 5.96. The van der Waals surface area contributed by atoms with Gasteiger partial charge in [0.15, 0.2) is 0 Å². The van der Waals surface area contributed by atoms with E-state index in [4.69, 9.17) is 16.3 Å². The molecule has 1 heterocycles. The maximum absolute atomic E-state index is 13.0. The third kappa shape index (κ3) is 6.03. The van der Waals surface area contributed by atoms with Gasteiger partial charge in [-0.1, -0.05) is 42.8 Å². The van der Waals surface area contributed by atoms with Gasteiger partial charge in [0.05, 0.1) is 24.8 Å². The van der Waals surface area contributed by atoms with E-state index in [0.717, 1.165) is 23.3 Å². The summed E-state index contributed by atoms with van der Waals surface area (Å²) >= 11 is 5.90. The Hall–Kier alpha value is -2.09. The number of sulfonamides is 1. The Kier molecular flexibility index (Phi) is 8.20. The number of benzene rings is 2. The molecule has 1 amide bonds. The number of nitrogens with zero attached hydrogens (tertiary/aromatic N) is 1. The van der Waals surface area contributed by atoms with E-state index in [9.17, 15) is 13.2 Å². The number of amides is 1. The Labute approximate surface area is 196 Å². The van der Waals surface area contributed by atoms with Crippen LogP contribution in [0.25, 0.3) is 0 Å². The van der Waals surface area contributed by atoms with Gasteiger partial charge in [-0.15, -0.1) is 0 Å². The fourth-order valence-electron chi connectivity index (χ4n) is 4.12. The minimum absolute atomic E-state index is 0.0960. The lowest BCUT2D eigenvalue weighted by molar-refractivity contribution is -0.126. The number of piperidine rings is 1. The summed E-state index contributed by atoms with van der Waals surface area (Å²) in [6.45, 7) is 4.64. The number of nitrogens with one attached hydrogen (secondary N) is 1. The average Bonchev–Trinajstić information content (AvgIpc) is 2.78. The number of halogens is 1. The highest BCUT2D eigenvalue weighted by molar-refractivity contribution is 7.88. The summed E-state index contributed by atoms with van der Waals surface area (Å²) in [4.78, 5) is 13.0. The molecule has 1 N–H and O–H groups in total. The third-order valence-corrected chi connectivity index (χ3v) is 8.03. The van der Waals surface area contributed by atoms with Crippen LogP contribution in [0.1, 0.15) is 48.9 Å². The topological polar surface area (TPSA) is 75.7 Å². The van der Waals surface area contributed by atoms with Crippen LogP contribution in [0, 0.1) is 12.8 Å². The van der Waals surface area contributed by atoms with Gasteiger partial charge in [-0.2, -0.15) is 0 Å². The van der Waals surface area contributed by atoms with Gasteiger partial charge >= 0.3 is 0 Å². The standard InChI is InChI=1S/C24H31ClN2O4S/c1-4-22(19-9-12-23(31-3)17(2)14-19)26-24(28)20-6-5-13-27(15-20)32(29,30)16-18-7-10-21(25)11-8-18/h7-12,14,20,22H,4-6,13,15-16H2,1-3H3,(H,26,28)/t20-,22+/m1/s1. The van der Waals surface area contributed by atoms with Crippen LogP contribution in [0.3, 0.4) is 0 Å². The summed E-state index contributed by atoms with van der Waals surface area (Å²) in [5, 5.41) is 3.70. The SMILES string of the molecule is CC[C@H](NC(=O)[C@@H]1CCCN(S(=O)(=O)Cc2ccc(Cl)cc2)C1)c1ccc(OC)c(C)c1. The van der Waals surface area contributed by atoms with E-state index in [1.165, 1.54) is 4.31 Å². The lowest BCUT2D eigenvalue weighted by Crippen LogP contribution is -2.46. The van der Waals surface area contributed by atoms with E-state index < -0.39 is 10.0 Å². The smallest absolute Gasteiger partial charge is 0.224 e. The van der Waals surface area contributed by atoms with E-state index in [-0.39, 0.29) is 30.2 Å². The van der Waals surface area contributed by atoms with Gasteiger partial charge in [-0.3, -0.25) is 4.79 Å². The molecule has 0 saturated carbocycles. The van der Waals surface area contributed by atoms with Gasteiger partial charge in [-0.25, -0.2) is 12.7 Å². The van der Waals surface area contributed by atoms with Crippen LogP contribution in [-0.4, -0.2) is 38.8 Å². The second kappa shape index (κ2) is 10.7. The maximum Gasteiger partial charge on any atom is 0.224 e. The summed E-state index contributed by atoms with van der Waals surface area (Å²) in [6.07, 6.45) is 2.08.